The number of carbonyl (C=O) groups is 1. The molecule has 0 N–H and O–H groups in total. The van der Waals surface area contributed by atoms with Crippen LogP contribution in [0.15, 0.2) is 57.6 Å². The van der Waals surface area contributed by atoms with Crippen molar-refractivity contribution in [2.75, 3.05) is 24.2 Å². The summed E-state index contributed by atoms with van der Waals surface area (Å²) in [4.78, 5) is 22.5. The molecule has 0 unspecified atom stereocenters. The summed E-state index contributed by atoms with van der Waals surface area (Å²) in [6.07, 6.45) is 1.40. The van der Waals surface area contributed by atoms with E-state index >= 15 is 0 Å². The fourth-order valence-corrected chi connectivity index (χ4v) is 3.55. The zero-order valence-corrected chi connectivity index (χ0v) is 17.3. The molecule has 0 saturated heterocycles. The normalized spacial score (nSPS) is 11.5. The van der Waals surface area contributed by atoms with Crippen LogP contribution in [0.25, 0.3) is 0 Å². The van der Waals surface area contributed by atoms with Gasteiger partial charge in [-0.25, -0.2) is 8.42 Å². The number of nitro benzene ring substituents is 1. The summed E-state index contributed by atoms with van der Waals surface area (Å²) in [6.45, 7) is 3.20. The summed E-state index contributed by atoms with van der Waals surface area (Å²) >= 11 is 0. The van der Waals surface area contributed by atoms with Gasteiger partial charge in [-0.15, -0.1) is 5.11 Å². The van der Waals surface area contributed by atoms with E-state index in [9.17, 15) is 28.4 Å². The van der Waals surface area contributed by atoms with Crippen LogP contribution in [0.3, 0.4) is 0 Å². The van der Waals surface area contributed by atoms with Gasteiger partial charge in [-0.3, -0.25) is 10.1 Å². The first-order valence-electron chi connectivity index (χ1n) is 9.07. The summed E-state index contributed by atoms with van der Waals surface area (Å²) in [7, 11) is -3.74. The maximum atomic E-state index is 12.0. The number of nitrogens with zero attached hydrogens (tertiary/aromatic N) is 4. The van der Waals surface area contributed by atoms with Crippen molar-refractivity contribution in [2.45, 2.75) is 24.7 Å². The number of azo groups is 1. The second-order valence-electron chi connectivity index (χ2n) is 6.45. The monoisotopic (exact) mass is 433 g/mol. The Kier molecular flexibility index (Phi) is 7.59. The van der Waals surface area contributed by atoms with Gasteiger partial charge in [-0.05, 0) is 50.1 Å². The number of benzene rings is 2. The first-order chi connectivity index (χ1) is 14.1. The van der Waals surface area contributed by atoms with Gasteiger partial charge in [-0.1, -0.05) is 0 Å². The van der Waals surface area contributed by atoms with Gasteiger partial charge < -0.3 is 14.8 Å². The number of carboxylic acid groups (broad SMARTS) is 1. The van der Waals surface area contributed by atoms with Crippen molar-refractivity contribution in [1.29, 1.82) is 0 Å². The molecule has 0 fully saturated rings. The van der Waals surface area contributed by atoms with Crippen molar-refractivity contribution >= 4 is 38.6 Å². The molecule has 0 spiro atoms. The number of hydrogen-bond donors (Lipinski definition) is 0. The van der Waals surface area contributed by atoms with E-state index in [1.54, 1.807) is 24.3 Å². The van der Waals surface area contributed by atoms with Crippen LogP contribution in [-0.4, -0.2) is 38.7 Å². The number of anilines is 1. The van der Waals surface area contributed by atoms with Crippen LogP contribution in [0.1, 0.15) is 19.8 Å². The molecular weight excluding hydrogens is 412 g/mol. The lowest BCUT2D eigenvalue weighted by atomic mass is 10.2. The molecule has 2 aromatic rings. The van der Waals surface area contributed by atoms with Crippen molar-refractivity contribution in [3.8, 4) is 0 Å². The highest BCUT2D eigenvalue weighted by Gasteiger charge is 2.18. The molecule has 0 saturated carbocycles. The van der Waals surface area contributed by atoms with Crippen LogP contribution in [0.4, 0.5) is 22.7 Å². The number of nitro groups is 1. The van der Waals surface area contributed by atoms with Gasteiger partial charge in [0.05, 0.1) is 10.6 Å². The lowest BCUT2D eigenvalue weighted by Crippen LogP contribution is -2.27. The predicted molar refractivity (Wildman–Crippen MR) is 109 cm³/mol. The van der Waals surface area contributed by atoms with E-state index in [1.165, 1.54) is 6.07 Å². The molecule has 0 bridgehead atoms. The fourth-order valence-electron chi connectivity index (χ4n) is 2.72. The first kappa shape index (κ1) is 22.9. The van der Waals surface area contributed by atoms with Gasteiger partial charge in [0.25, 0.3) is 5.69 Å². The zero-order chi connectivity index (χ0) is 22.3. The summed E-state index contributed by atoms with van der Waals surface area (Å²) in [5, 5.41) is 29.4. The zero-order valence-electron chi connectivity index (χ0n) is 16.5. The minimum absolute atomic E-state index is 0.00430. The summed E-state index contributed by atoms with van der Waals surface area (Å²) in [5.41, 5.74) is 0.992. The Morgan fingerprint density at radius 2 is 1.80 bits per heavy atom. The Labute approximate surface area is 173 Å². The van der Waals surface area contributed by atoms with Crippen LogP contribution in [0, 0.1) is 10.1 Å². The van der Waals surface area contributed by atoms with Crippen LogP contribution in [0.5, 0.6) is 0 Å². The van der Waals surface area contributed by atoms with Gasteiger partial charge >= 0.3 is 0 Å². The van der Waals surface area contributed by atoms with Gasteiger partial charge in [0.1, 0.15) is 10.6 Å². The molecule has 0 aliphatic rings. The lowest BCUT2D eigenvalue weighted by Gasteiger charge is -2.23. The van der Waals surface area contributed by atoms with Crippen LogP contribution >= 0.6 is 0 Å². The average Bonchev–Trinajstić information content (AvgIpc) is 2.69. The van der Waals surface area contributed by atoms with Gasteiger partial charge in [0.2, 0.25) is 0 Å². The van der Waals surface area contributed by atoms with Crippen molar-refractivity contribution < 1.29 is 23.2 Å². The second kappa shape index (κ2) is 9.92. The maximum Gasteiger partial charge on any atom is 0.270 e. The van der Waals surface area contributed by atoms with Gasteiger partial charge in [0, 0.05) is 43.1 Å². The molecule has 0 amide bonds. The van der Waals surface area contributed by atoms with E-state index in [0.29, 0.717) is 25.2 Å². The molecule has 0 aromatic heterocycles. The van der Waals surface area contributed by atoms with E-state index < -0.39 is 20.7 Å². The quantitative estimate of drug-likeness (QED) is 0.318. The van der Waals surface area contributed by atoms with Gasteiger partial charge in [0.15, 0.2) is 9.84 Å². The number of rotatable bonds is 10. The van der Waals surface area contributed by atoms with Crippen LogP contribution < -0.4 is 10.0 Å². The third-order valence-corrected chi connectivity index (χ3v) is 5.36. The molecular formula is C19H21N4O6S-. The average molecular weight is 433 g/mol. The molecule has 0 heterocycles. The SMILES string of the molecule is CCN(CCCC(=O)[O-])c1ccc(N=Nc2ccc([N+](=O)[O-])cc2S(C)(=O)=O)cc1. The predicted octanol–water partition coefficient (Wildman–Crippen LogP) is 2.77. The van der Waals surface area contributed by atoms with Gasteiger partial charge in [-0.2, -0.15) is 5.11 Å². The largest absolute Gasteiger partial charge is 0.550 e. The van der Waals surface area contributed by atoms with Crippen LogP contribution in [0.2, 0.25) is 0 Å². The van der Waals surface area contributed by atoms with E-state index in [4.69, 9.17) is 0 Å². The molecule has 0 aliphatic carbocycles. The number of sulfone groups is 1. The maximum absolute atomic E-state index is 12.0. The first-order valence-corrected chi connectivity index (χ1v) is 11.0. The Morgan fingerprint density at radius 1 is 1.13 bits per heavy atom. The van der Waals surface area contributed by atoms with Crippen molar-refractivity contribution in [3.63, 3.8) is 0 Å². The number of aliphatic carboxylic acids is 1. The summed E-state index contributed by atoms with van der Waals surface area (Å²) in [5.74, 6) is -1.08. The minimum Gasteiger partial charge on any atom is -0.550 e. The number of carboxylic acids is 1. The van der Waals surface area contributed by atoms with Crippen molar-refractivity contribution in [3.05, 3.63) is 52.6 Å². The molecule has 30 heavy (non-hydrogen) atoms. The summed E-state index contributed by atoms with van der Waals surface area (Å²) in [6, 6.07) is 10.3. The molecule has 0 atom stereocenters. The Morgan fingerprint density at radius 3 is 2.33 bits per heavy atom. The Hall–Kier alpha value is -3.34. The van der Waals surface area contributed by atoms with E-state index in [-0.39, 0.29) is 22.7 Å². The molecule has 160 valence electrons. The fraction of sp³-hybridized carbons (Fsp3) is 0.316. The summed E-state index contributed by atoms with van der Waals surface area (Å²) < 4.78 is 23.9. The van der Waals surface area contributed by atoms with Crippen molar-refractivity contribution in [2.24, 2.45) is 10.2 Å². The number of carbonyl (C=O) groups excluding carboxylic acids is 1. The highest BCUT2D eigenvalue weighted by Crippen LogP contribution is 2.30. The Bertz CT molecular complexity index is 1050. The smallest absolute Gasteiger partial charge is 0.270 e. The minimum atomic E-state index is -3.74. The third-order valence-electron chi connectivity index (χ3n) is 4.23. The molecule has 0 radical (unpaired) electrons. The molecule has 2 aromatic carbocycles. The highest BCUT2D eigenvalue weighted by molar-refractivity contribution is 7.90. The standard InChI is InChI=1S/C19H22N4O6S/c1-3-22(12-4-5-19(24)25)15-8-6-14(7-9-15)20-21-17-11-10-16(23(26)27)13-18(17)30(2,28)29/h6-11,13H,3-5,12H2,1-2H3,(H,24,25)/p-1. The Balaban J connectivity index is 2.21. The molecule has 10 nitrogen and oxygen atoms in total. The van der Waals surface area contributed by atoms with E-state index in [0.717, 1.165) is 24.1 Å². The molecule has 2 rings (SSSR count). The van der Waals surface area contributed by atoms with E-state index in [1.807, 2.05) is 11.8 Å². The second-order valence-corrected chi connectivity index (χ2v) is 8.44. The topological polar surface area (TPSA) is 145 Å². The lowest BCUT2D eigenvalue weighted by molar-refractivity contribution is -0.385. The number of non-ortho nitro benzene ring substituents is 1. The molecule has 11 heteroatoms. The van der Waals surface area contributed by atoms with E-state index in [2.05, 4.69) is 10.2 Å². The number of hydrogen-bond acceptors (Lipinski definition) is 9. The van der Waals surface area contributed by atoms with Crippen molar-refractivity contribution in [1.82, 2.24) is 0 Å². The van der Waals surface area contributed by atoms with Crippen LogP contribution in [-0.2, 0) is 14.6 Å². The highest BCUT2D eigenvalue weighted by atomic mass is 32.2. The molecule has 0 aliphatic heterocycles. The third kappa shape index (κ3) is 6.34.